The molecule has 5 nitrogen and oxygen atoms in total. The van der Waals surface area contributed by atoms with Crippen molar-refractivity contribution in [1.29, 1.82) is 0 Å². The van der Waals surface area contributed by atoms with Crippen molar-refractivity contribution in [1.82, 2.24) is 24.8 Å². The Kier molecular flexibility index (Phi) is 4.22. The molecule has 2 aromatic rings. The molecule has 2 aromatic heterocycles. The van der Waals surface area contributed by atoms with Gasteiger partial charge in [0.05, 0.1) is 5.69 Å². The lowest BCUT2D eigenvalue weighted by molar-refractivity contribution is 0.329. The second-order valence-corrected chi connectivity index (χ2v) is 6.08. The van der Waals surface area contributed by atoms with Gasteiger partial charge in [-0.25, -0.2) is 9.50 Å². The van der Waals surface area contributed by atoms with Gasteiger partial charge in [-0.05, 0) is 46.7 Å². The third-order valence-corrected chi connectivity index (χ3v) is 4.43. The van der Waals surface area contributed by atoms with Gasteiger partial charge in [0, 0.05) is 42.7 Å². The molecule has 3 rings (SSSR count). The summed E-state index contributed by atoms with van der Waals surface area (Å²) >= 11 is 0. The van der Waals surface area contributed by atoms with Gasteiger partial charge < -0.3 is 10.2 Å². The number of likely N-dealkylation sites (tertiary alicyclic amines) is 1. The van der Waals surface area contributed by atoms with Crippen LogP contribution in [0.2, 0.25) is 0 Å². The van der Waals surface area contributed by atoms with Crippen LogP contribution in [0.15, 0.2) is 12.3 Å². The topological polar surface area (TPSA) is 45.5 Å². The quantitative estimate of drug-likeness (QED) is 0.914. The fraction of sp³-hybridized carbons (Fsp3) is 0.625. The van der Waals surface area contributed by atoms with Gasteiger partial charge in [0.1, 0.15) is 0 Å². The molecule has 0 aliphatic carbocycles. The van der Waals surface area contributed by atoms with Crippen LogP contribution in [0.25, 0.3) is 5.65 Å². The van der Waals surface area contributed by atoms with Crippen LogP contribution in [0, 0.1) is 13.8 Å². The van der Waals surface area contributed by atoms with Crippen LogP contribution in [-0.4, -0.2) is 45.7 Å². The first kappa shape index (κ1) is 14.5. The van der Waals surface area contributed by atoms with E-state index in [0.717, 1.165) is 24.4 Å². The zero-order chi connectivity index (χ0) is 14.8. The highest BCUT2D eigenvalue weighted by Gasteiger charge is 2.14. The van der Waals surface area contributed by atoms with Gasteiger partial charge in [0.2, 0.25) is 0 Å². The number of nitrogens with one attached hydrogen (secondary N) is 1. The second kappa shape index (κ2) is 6.12. The molecule has 0 amide bonds. The number of aryl methyl sites for hydroxylation is 2. The van der Waals surface area contributed by atoms with Gasteiger partial charge in [0.25, 0.3) is 0 Å². The summed E-state index contributed by atoms with van der Waals surface area (Å²) in [5, 5.41) is 8.13. The number of hydrogen-bond acceptors (Lipinski definition) is 4. The monoisotopic (exact) mass is 287 g/mol. The summed E-state index contributed by atoms with van der Waals surface area (Å²) in [5.74, 6) is 0. The first-order valence-electron chi connectivity index (χ1n) is 7.93. The third kappa shape index (κ3) is 3.09. The van der Waals surface area contributed by atoms with Gasteiger partial charge >= 0.3 is 0 Å². The number of aromatic nitrogens is 3. The van der Waals surface area contributed by atoms with E-state index in [4.69, 9.17) is 0 Å². The van der Waals surface area contributed by atoms with Crippen LogP contribution in [-0.2, 0) is 0 Å². The predicted molar refractivity (Wildman–Crippen MR) is 84.6 cm³/mol. The average Bonchev–Trinajstić information content (AvgIpc) is 3.08. The summed E-state index contributed by atoms with van der Waals surface area (Å²) in [4.78, 5) is 7.05. The zero-order valence-electron chi connectivity index (χ0n) is 13.3. The Morgan fingerprint density at radius 2 is 2.05 bits per heavy atom. The molecule has 1 aliphatic heterocycles. The number of nitrogens with zero attached hydrogens (tertiary/aromatic N) is 4. The lowest BCUT2D eigenvalue weighted by Gasteiger charge is -2.19. The Hall–Kier alpha value is -1.46. The van der Waals surface area contributed by atoms with E-state index in [9.17, 15) is 0 Å². The highest BCUT2D eigenvalue weighted by atomic mass is 15.3. The summed E-state index contributed by atoms with van der Waals surface area (Å²) < 4.78 is 1.95. The predicted octanol–water partition coefficient (Wildman–Crippen LogP) is 2.09. The average molecular weight is 287 g/mol. The van der Waals surface area contributed by atoms with Crippen LogP contribution >= 0.6 is 0 Å². The Bertz CT molecular complexity index is 612. The Labute approximate surface area is 126 Å². The second-order valence-electron chi connectivity index (χ2n) is 6.08. The first-order valence-corrected chi connectivity index (χ1v) is 7.93. The zero-order valence-corrected chi connectivity index (χ0v) is 13.3. The number of rotatable bonds is 5. The van der Waals surface area contributed by atoms with Crippen molar-refractivity contribution >= 4 is 5.65 Å². The molecule has 0 aromatic carbocycles. The maximum atomic E-state index is 4.52. The molecule has 0 radical (unpaired) electrons. The van der Waals surface area contributed by atoms with Crippen LogP contribution in [0.1, 0.15) is 42.8 Å². The first-order chi connectivity index (χ1) is 10.1. The highest BCUT2D eigenvalue weighted by Crippen LogP contribution is 2.18. The molecule has 1 N–H and O–H groups in total. The molecule has 0 bridgehead atoms. The smallest absolute Gasteiger partial charge is 0.155 e. The van der Waals surface area contributed by atoms with Gasteiger partial charge in [0.15, 0.2) is 5.65 Å². The van der Waals surface area contributed by atoms with Gasteiger partial charge in [-0.3, -0.25) is 0 Å². The van der Waals surface area contributed by atoms with Crippen molar-refractivity contribution in [2.24, 2.45) is 0 Å². The molecule has 1 saturated heterocycles. The van der Waals surface area contributed by atoms with Crippen molar-refractivity contribution in [3.8, 4) is 0 Å². The summed E-state index contributed by atoms with van der Waals surface area (Å²) in [6, 6.07) is 2.32. The van der Waals surface area contributed by atoms with Gasteiger partial charge in [-0.15, -0.1) is 0 Å². The number of hydrogen-bond donors (Lipinski definition) is 1. The minimum atomic E-state index is 0.300. The lowest BCUT2D eigenvalue weighted by atomic mass is 10.1. The molecule has 5 heteroatoms. The summed E-state index contributed by atoms with van der Waals surface area (Å²) in [6.45, 7) is 11.0. The van der Waals surface area contributed by atoms with Crippen molar-refractivity contribution in [2.45, 2.75) is 39.7 Å². The molecule has 1 atom stereocenters. The van der Waals surface area contributed by atoms with E-state index >= 15 is 0 Å². The largest absolute Gasteiger partial charge is 0.309 e. The molecular formula is C16H25N5. The molecule has 1 aliphatic rings. The van der Waals surface area contributed by atoms with E-state index in [-0.39, 0.29) is 0 Å². The van der Waals surface area contributed by atoms with Gasteiger partial charge in [-0.2, -0.15) is 5.10 Å². The molecule has 3 heterocycles. The van der Waals surface area contributed by atoms with Crippen molar-refractivity contribution in [2.75, 3.05) is 26.2 Å². The normalized spacial score (nSPS) is 17.7. The van der Waals surface area contributed by atoms with E-state index in [0.29, 0.717) is 6.04 Å². The summed E-state index contributed by atoms with van der Waals surface area (Å²) in [7, 11) is 0. The van der Waals surface area contributed by atoms with Crippen molar-refractivity contribution in [3.05, 3.63) is 29.2 Å². The fourth-order valence-corrected chi connectivity index (χ4v) is 3.16. The van der Waals surface area contributed by atoms with E-state index < -0.39 is 0 Å². The van der Waals surface area contributed by atoms with Crippen molar-refractivity contribution in [3.63, 3.8) is 0 Å². The number of fused-ring (bicyclic) bond motifs is 1. The molecule has 0 spiro atoms. The standard InChI is InChI=1S/C16H25N5/c1-12-10-16-18-11-15(14(3)21(16)19-12)13(2)17-6-9-20-7-4-5-8-20/h10-11,13,17H,4-9H2,1-3H3. The third-order valence-electron chi connectivity index (χ3n) is 4.43. The Balaban J connectivity index is 1.66. The van der Waals surface area contributed by atoms with E-state index in [1.54, 1.807) is 0 Å². The van der Waals surface area contributed by atoms with Crippen LogP contribution in [0.3, 0.4) is 0 Å². The SMILES string of the molecule is Cc1cc2ncc(C(C)NCCN3CCCC3)c(C)n2n1. The van der Waals surface area contributed by atoms with Crippen LogP contribution < -0.4 is 5.32 Å². The van der Waals surface area contributed by atoms with Crippen LogP contribution in [0.5, 0.6) is 0 Å². The minimum absolute atomic E-state index is 0.300. The van der Waals surface area contributed by atoms with E-state index in [1.807, 2.05) is 23.7 Å². The molecule has 21 heavy (non-hydrogen) atoms. The molecule has 1 unspecified atom stereocenters. The maximum Gasteiger partial charge on any atom is 0.155 e. The summed E-state index contributed by atoms with van der Waals surface area (Å²) in [6.07, 6.45) is 4.70. The molecule has 1 fully saturated rings. The molecule has 0 saturated carbocycles. The summed E-state index contributed by atoms with van der Waals surface area (Å²) in [5.41, 5.74) is 4.34. The Morgan fingerprint density at radius 3 is 2.81 bits per heavy atom. The van der Waals surface area contributed by atoms with E-state index in [2.05, 4.69) is 34.1 Å². The molecule has 114 valence electrons. The van der Waals surface area contributed by atoms with Crippen LogP contribution in [0.4, 0.5) is 0 Å². The van der Waals surface area contributed by atoms with Gasteiger partial charge in [-0.1, -0.05) is 0 Å². The lowest BCUT2D eigenvalue weighted by Crippen LogP contribution is -2.31. The van der Waals surface area contributed by atoms with Crippen molar-refractivity contribution < 1.29 is 0 Å². The Morgan fingerprint density at radius 1 is 1.29 bits per heavy atom. The fourth-order valence-electron chi connectivity index (χ4n) is 3.16. The maximum absolute atomic E-state index is 4.52. The van der Waals surface area contributed by atoms with E-state index in [1.165, 1.54) is 37.2 Å². The minimum Gasteiger partial charge on any atom is -0.309 e. The highest BCUT2D eigenvalue weighted by molar-refractivity contribution is 5.42. The molecular weight excluding hydrogens is 262 g/mol.